The number of hydrogen-bond acceptors (Lipinski definition) is 5. The second-order valence-corrected chi connectivity index (χ2v) is 8.13. The Kier molecular flexibility index (Phi) is 6.26. The van der Waals surface area contributed by atoms with Gasteiger partial charge in [-0.2, -0.15) is 13.2 Å². The van der Waals surface area contributed by atoms with Crippen LogP contribution in [0.4, 0.5) is 24.7 Å². The molecule has 0 unspecified atom stereocenters. The predicted molar refractivity (Wildman–Crippen MR) is 122 cm³/mol. The van der Waals surface area contributed by atoms with Gasteiger partial charge in [0.05, 0.1) is 11.3 Å². The fraction of sp³-hybridized carbons (Fsp3) is 0.348. The lowest BCUT2D eigenvalue weighted by atomic mass is 9.91. The molecule has 1 aliphatic rings. The molecule has 0 atom stereocenters. The van der Waals surface area contributed by atoms with Crippen molar-refractivity contribution in [1.82, 2.24) is 14.7 Å². The van der Waals surface area contributed by atoms with E-state index in [4.69, 9.17) is 5.73 Å². The van der Waals surface area contributed by atoms with Crippen molar-refractivity contribution in [2.24, 2.45) is 4.99 Å². The number of nitrogens with zero attached hydrogens (tertiary/aromatic N) is 3. The summed E-state index contributed by atoms with van der Waals surface area (Å²) >= 11 is 0. The fourth-order valence-corrected chi connectivity index (χ4v) is 4.15. The number of nitrogens with one attached hydrogen (secondary N) is 2. The number of anilines is 2. The highest BCUT2D eigenvalue weighted by Gasteiger charge is 2.34. The number of nitrogens with two attached hydrogens (primary N) is 1. The maximum absolute atomic E-state index is 13.0. The van der Waals surface area contributed by atoms with Gasteiger partial charge >= 0.3 is 6.18 Å². The van der Waals surface area contributed by atoms with E-state index in [1.807, 2.05) is 0 Å². The maximum Gasteiger partial charge on any atom is 0.434 e. The number of hydrogen-bond donors (Lipinski definition) is 3. The molecule has 7 nitrogen and oxygen atoms in total. The van der Waals surface area contributed by atoms with E-state index in [0.29, 0.717) is 22.6 Å². The summed E-state index contributed by atoms with van der Waals surface area (Å²) in [7, 11) is 1.64. The topological polar surface area (TPSA) is 96.8 Å². The summed E-state index contributed by atoms with van der Waals surface area (Å²) in [6.45, 7) is 0. The number of amides is 1. The van der Waals surface area contributed by atoms with Crippen LogP contribution >= 0.6 is 0 Å². The van der Waals surface area contributed by atoms with Crippen molar-refractivity contribution in [3.8, 4) is 0 Å². The third-order valence-electron chi connectivity index (χ3n) is 5.85. The summed E-state index contributed by atoms with van der Waals surface area (Å²) in [6, 6.07) is 10.3. The van der Waals surface area contributed by atoms with Crippen LogP contribution in [0, 0.1) is 0 Å². The Morgan fingerprint density at radius 3 is 2.55 bits per heavy atom. The van der Waals surface area contributed by atoms with Crippen LogP contribution in [0.25, 0.3) is 5.65 Å². The summed E-state index contributed by atoms with van der Waals surface area (Å²) in [5.74, 6) is 0.336. The summed E-state index contributed by atoms with van der Waals surface area (Å²) < 4.78 is 40.5. The average molecular weight is 458 g/mol. The Morgan fingerprint density at radius 2 is 1.85 bits per heavy atom. The second-order valence-electron chi connectivity index (χ2n) is 8.13. The molecule has 4 N–H and O–H groups in total. The van der Waals surface area contributed by atoms with Crippen LogP contribution in [0.15, 0.2) is 47.6 Å². The van der Waals surface area contributed by atoms with Gasteiger partial charge in [-0.15, -0.1) is 0 Å². The average Bonchev–Trinajstić information content (AvgIpc) is 3.23. The van der Waals surface area contributed by atoms with E-state index in [2.05, 4.69) is 20.6 Å². The Hall–Kier alpha value is -3.56. The molecule has 0 spiro atoms. The molecule has 2 heterocycles. The van der Waals surface area contributed by atoms with Gasteiger partial charge in [0.1, 0.15) is 11.5 Å². The number of fused-ring (bicyclic) bond motifs is 1. The van der Waals surface area contributed by atoms with Crippen molar-refractivity contribution >= 4 is 29.3 Å². The number of benzene rings is 1. The largest absolute Gasteiger partial charge is 0.434 e. The molecule has 0 aliphatic heterocycles. The second kappa shape index (κ2) is 9.13. The lowest BCUT2D eigenvalue weighted by Crippen LogP contribution is -2.40. The van der Waals surface area contributed by atoms with E-state index >= 15 is 0 Å². The van der Waals surface area contributed by atoms with Gasteiger partial charge in [0.15, 0.2) is 5.69 Å². The van der Waals surface area contributed by atoms with Gasteiger partial charge in [-0.05, 0) is 43.9 Å². The van der Waals surface area contributed by atoms with Crippen LogP contribution in [-0.2, 0) is 6.18 Å². The molecule has 174 valence electrons. The third-order valence-corrected chi connectivity index (χ3v) is 5.85. The van der Waals surface area contributed by atoms with Crippen LogP contribution in [-0.4, -0.2) is 40.6 Å². The van der Waals surface area contributed by atoms with Gasteiger partial charge in [0, 0.05) is 37.1 Å². The van der Waals surface area contributed by atoms with Crippen molar-refractivity contribution in [3.63, 3.8) is 0 Å². The van der Waals surface area contributed by atoms with Gasteiger partial charge in [0.25, 0.3) is 5.91 Å². The maximum atomic E-state index is 13.0. The number of para-hydroxylation sites is 1. The summed E-state index contributed by atoms with van der Waals surface area (Å²) in [5.41, 5.74) is 6.94. The Bertz CT molecular complexity index is 1180. The minimum Gasteiger partial charge on any atom is -0.398 e. The molecular weight excluding hydrogens is 433 g/mol. The number of aliphatic imine (C=N–C) groups is 1. The van der Waals surface area contributed by atoms with Crippen LogP contribution in [0.3, 0.4) is 0 Å². The van der Waals surface area contributed by atoms with Crippen LogP contribution in [0.5, 0.6) is 0 Å². The summed E-state index contributed by atoms with van der Waals surface area (Å²) in [4.78, 5) is 20.4. The highest BCUT2D eigenvalue weighted by atomic mass is 19.4. The first-order valence-corrected chi connectivity index (χ1v) is 10.7. The van der Waals surface area contributed by atoms with Crippen molar-refractivity contribution in [1.29, 1.82) is 0 Å². The number of nitrogen functional groups attached to an aromatic ring is 1. The molecule has 0 radical (unpaired) electrons. The van der Waals surface area contributed by atoms with Crippen molar-refractivity contribution < 1.29 is 18.0 Å². The van der Waals surface area contributed by atoms with Gasteiger partial charge in [-0.25, -0.2) is 4.98 Å². The number of imidazole rings is 1. The Balaban J connectivity index is 1.38. The summed E-state index contributed by atoms with van der Waals surface area (Å²) in [5, 5.41) is 6.38. The number of rotatable bonds is 5. The first-order chi connectivity index (χ1) is 15.8. The highest BCUT2D eigenvalue weighted by molar-refractivity contribution is 6.03. The smallest absolute Gasteiger partial charge is 0.398 e. The Morgan fingerprint density at radius 1 is 1.15 bits per heavy atom. The predicted octanol–water partition coefficient (Wildman–Crippen LogP) is 4.14. The van der Waals surface area contributed by atoms with E-state index < -0.39 is 11.9 Å². The molecule has 1 aliphatic carbocycles. The molecule has 1 aromatic carbocycles. The molecule has 1 amide bonds. The SMILES string of the molecule is CN=Cc1cccc(C(=O)NC2CCC(Nc3cccc4nc(C(F)(F)F)cn34)CC2)c1N. The van der Waals surface area contributed by atoms with E-state index in [1.54, 1.807) is 49.7 Å². The minimum atomic E-state index is -4.49. The normalized spacial score (nSPS) is 19.2. The van der Waals surface area contributed by atoms with Crippen molar-refractivity contribution in [3.05, 3.63) is 59.4 Å². The first kappa shape index (κ1) is 22.6. The molecule has 2 aromatic heterocycles. The van der Waals surface area contributed by atoms with Crippen LogP contribution < -0.4 is 16.4 Å². The number of carbonyl (C=O) groups excluding carboxylic acids is 1. The molecule has 4 rings (SSSR count). The molecule has 1 saturated carbocycles. The molecular formula is C23H25F3N6O. The van der Waals surface area contributed by atoms with Gasteiger partial charge < -0.3 is 16.4 Å². The zero-order chi connectivity index (χ0) is 23.6. The summed E-state index contributed by atoms with van der Waals surface area (Å²) in [6.07, 6.45) is 1.14. The zero-order valence-electron chi connectivity index (χ0n) is 18.1. The standard InChI is InChI=1S/C23H25F3N6O/c1-28-12-14-4-2-5-17(21(14)27)22(33)30-16-10-8-15(9-11-16)29-19-6-3-7-20-31-18(13-32(19)20)23(24,25)26/h2-7,12-13,15-16,29H,8-11,27H2,1H3,(H,30,33). The number of halogens is 3. The highest BCUT2D eigenvalue weighted by Crippen LogP contribution is 2.30. The van der Waals surface area contributed by atoms with E-state index in [-0.39, 0.29) is 23.6 Å². The molecule has 33 heavy (non-hydrogen) atoms. The lowest BCUT2D eigenvalue weighted by Gasteiger charge is -2.30. The van der Waals surface area contributed by atoms with Crippen LogP contribution in [0.2, 0.25) is 0 Å². The monoisotopic (exact) mass is 458 g/mol. The number of aromatic nitrogens is 2. The molecule has 0 bridgehead atoms. The number of pyridine rings is 1. The van der Waals surface area contributed by atoms with Crippen LogP contribution in [0.1, 0.15) is 47.3 Å². The molecule has 0 saturated heterocycles. The number of alkyl halides is 3. The Labute approximate surface area is 188 Å². The molecule has 1 fully saturated rings. The van der Waals surface area contributed by atoms with E-state index in [1.165, 1.54) is 4.40 Å². The van der Waals surface area contributed by atoms with Crippen molar-refractivity contribution in [2.45, 2.75) is 43.9 Å². The third kappa shape index (κ3) is 4.94. The molecule has 10 heteroatoms. The molecule has 3 aromatic rings. The first-order valence-electron chi connectivity index (χ1n) is 10.7. The zero-order valence-corrected chi connectivity index (χ0v) is 18.1. The quantitative estimate of drug-likeness (QED) is 0.396. The lowest BCUT2D eigenvalue weighted by molar-refractivity contribution is -0.140. The number of carbonyl (C=O) groups is 1. The fourth-order valence-electron chi connectivity index (χ4n) is 4.15. The van der Waals surface area contributed by atoms with Crippen molar-refractivity contribution in [2.75, 3.05) is 18.1 Å². The van der Waals surface area contributed by atoms with Gasteiger partial charge in [0.2, 0.25) is 0 Å². The minimum absolute atomic E-state index is 0.000632. The van der Waals surface area contributed by atoms with Gasteiger partial charge in [-0.1, -0.05) is 18.2 Å². The van der Waals surface area contributed by atoms with E-state index in [9.17, 15) is 18.0 Å². The van der Waals surface area contributed by atoms with E-state index in [0.717, 1.165) is 31.9 Å². The van der Waals surface area contributed by atoms with Gasteiger partial charge in [-0.3, -0.25) is 14.2 Å².